The number of benzene rings is 1. The van der Waals surface area contributed by atoms with E-state index in [-0.39, 0.29) is 6.04 Å². The van der Waals surface area contributed by atoms with Gasteiger partial charge in [-0.25, -0.2) is 14.8 Å². The molecule has 5 rings (SSSR count). The number of fused-ring (bicyclic) bond motifs is 4. The van der Waals surface area contributed by atoms with Gasteiger partial charge in [0.15, 0.2) is 0 Å². The van der Waals surface area contributed by atoms with Crippen molar-refractivity contribution in [3.05, 3.63) is 42.9 Å². The summed E-state index contributed by atoms with van der Waals surface area (Å²) in [6.07, 6.45) is 2.93. The van der Waals surface area contributed by atoms with Crippen LogP contribution in [0.15, 0.2) is 47.9 Å². The summed E-state index contributed by atoms with van der Waals surface area (Å²) in [6.45, 7) is 6.12. The molecule has 1 atom stereocenters. The number of anilines is 1. The van der Waals surface area contributed by atoms with Gasteiger partial charge in [0.05, 0.1) is 22.0 Å². The van der Waals surface area contributed by atoms with Crippen molar-refractivity contribution in [1.29, 1.82) is 0 Å². The van der Waals surface area contributed by atoms with Crippen LogP contribution in [0, 0.1) is 0 Å². The van der Waals surface area contributed by atoms with Crippen LogP contribution in [0.2, 0.25) is 0 Å². The normalized spacial score (nSPS) is 16.2. The topological polar surface area (TPSA) is 108 Å². The number of hydrogen-bond acceptors (Lipinski definition) is 7. The number of ether oxygens (including phenoxy) is 1. The number of nitrogen functional groups attached to an aromatic ring is 1. The predicted molar refractivity (Wildman–Crippen MR) is 127 cm³/mol. The average molecular weight is 449 g/mol. The molecule has 8 nitrogen and oxygen atoms in total. The van der Waals surface area contributed by atoms with E-state index in [9.17, 15) is 4.79 Å². The van der Waals surface area contributed by atoms with E-state index in [2.05, 4.69) is 30.9 Å². The number of alkyl carbamates (subject to hydrolysis) is 1. The summed E-state index contributed by atoms with van der Waals surface area (Å²) in [6, 6.07) is 10.0. The number of aromatic nitrogens is 4. The molecular formula is C23H24N6O2S. The van der Waals surface area contributed by atoms with Gasteiger partial charge in [0.25, 0.3) is 0 Å². The quantitative estimate of drug-likeness (QED) is 0.472. The molecule has 3 N–H and O–H groups in total. The van der Waals surface area contributed by atoms with Gasteiger partial charge in [-0.05, 0) is 32.9 Å². The van der Waals surface area contributed by atoms with Crippen molar-refractivity contribution in [1.82, 2.24) is 24.8 Å². The van der Waals surface area contributed by atoms with Crippen LogP contribution in [0.3, 0.4) is 0 Å². The molecule has 0 aliphatic carbocycles. The highest BCUT2D eigenvalue weighted by Crippen LogP contribution is 2.44. The highest BCUT2D eigenvalue weighted by Gasteiger charge is 2.30. The Morgan fingerprint density at radius 1 is 1.25 bits per heavy atom. The number of nitrogens with two attached hydrogens (primary N) is 1. The minimum absolute atomic E-state index is 0.100. The molecule has 0 fully saturated rings. The van der Waals surface area contributed by atoms with Gasteiger partial charge in [0.1, 0.15) is 23.4 Å². The van der Waals surface area contributed by atoms with Crippen LogP contribution < -0.4 is 11.1 Å². The molecule has 0 saturated carbocycles. The molecule has 1 aromatic carbocycles. The number of pyridine rings is 1. The molecule has 0 bridgehead atoms. The van der Waals surface area contributed by atoms with Crippen molar-refractivity contribution >= 4 is 45.6 Å². The zero-order chi connectivity index (χ0) is 22.5. The average Bonchev–Trinajstić information content (AvgIpc) is 3.07. The first kappa shape index (κ1) is 20.6. The van der Waals surface area contributed by atoms with E-state index < -0.39 is 11.7 Å². The van der Waals surface area contributed by atoms with Crippen molar-refractivity contribution < 1.29 is 9.53 Å². The first-order valence-electron chi connectivity index (χ1n) is 10.4. The Labute approximate surface area is 189 Å². The zero-order valence-corrected chi connectivity index (χ0v) is 18.9. The monoisotopic (exact) mass is 448 g/mol. The van der Waals surface area contributed by atoms with E-state index in [1.54, 1.807) is 11.8 Å². The van der Waals surface area contributed by atoms with E-state index in [1.165, 1.54) is 6.33 Å². The van der Waals surface area contributed by atoms with Gasteiger partial charge in [0, 0.05) is 35.0 Å². The SMILES string of the molecule is CC(C)(C)OC(=O)N[C@H]1CSc2c(-c3cnc4ccccc4c3)c3c(N)ncnc3n2C1. The van der Waals surface area contributed by atoms with Crippen molar-refractivity contribution in [3.63, 3.8) is 0 Å². The van der Waals surface area contributed by atoms with Crippen molar-refractivity contribution in [3.8, 4) is 11.1 Å². The number of nitrogens with zero attached hydrogens (tertiary/aromatic N) is 4. The summed E-state index contributed by atoms with van der Waals surface area (Å²) < 4.78 is 7.53. The Hall–Kier alpha value is -3.33. The number of carbonyl (C=O) groups excluding carboxylic acids is 1. The third-order valence-corrected chi connectivity index (χ3v) is 6.51. The molecule has 0 spiro atoms. The van der Waals surface area contributed by atoms with Crippen LogP contribution in [-0.2, 0) is 11.3 Å². The van der Waals surface area contributed by atoms with Gasteiger partial charge in [0.2, 0.25) is 0 Å². The Kier molecular flexibility index (Phi) is 4.93. The fourth-order valence-corrected chi connectivity index (χ4v) is 5.21. The molecule has 1 aliphatic heterocycles. The number of para-hydroxylation sites is 1. The first-order valence-corrected chi connectivity index (χ1v) is 11.4. The van der Waals surface area contributed by atoms with Crippen molar-refractivity contribution in [2.24, 2.45) is 0 Å². The number of rotatable bonds is 2. The molecule has 164 valence electrons. The molecule has 4 aromatic rings. The Balaban J connectivity index is 1.57. The lowest BCUT2D eigenvalue weighted by Crippen LogP contribution is -2.44. The van der Waals surface area contributed by atoms with Crippen LogP contribution in [-0.4, -0.2) is 43.0 Å². The second kappa shape index (κ2) is 7.67. The number of carbonyl (C=O) groups is 1. The lowest BCUT2D eigenvalue weighted by molar-refractivity contribution is 0.0504. The summed E-state index contributed by atoms with van der Waals surface area (Å²) in [5.41, 5.74) is 9.41. The summed E-state index contributed by atoms with van der Waals surface area (Å²) in [4.78, 5) is 25.7. The molecule has 0 saturated heterocycles. The zero-order valence-electron chi connectivity index (χ0n) is 18.1. The highest BCUT2D eigenvalue weighted by molar-refractivity contribution is 7.99. The van der Waals surface area contributed by atoms with Gasteiger partial charge >= 0.3 is 6.09 Å². The second-order valence-electron chi connectivity index (χ2n) is 8.82. The number of amides is 1. The van der Waals surface area contributed by atoms with Gasteiger partial charge in [-0.2, -0.15) is 0 Å². The van der Waals surface area contributed by atoms with E-state index in [0.29, 0.717) is 18.1 Å². The lowest BCUT2D eigenvalue weighted by atomic mass is 10.1. The summed E-state index contributed by atoms with van der Waals surface area (Å²) in [5, 5.41) is 5.89. The maximum atomic E-state index is 12.3. The van der Waals surface area contributed by atoms with Crippen LogP contribution in [0.25, 0.3) is 33.1 Å². The standard InChI is InChI=1S/C23H24N6O2S/c1-23(2,3)31-22(30)28-15-10-29-20-18(19(24)26-12-27-20)17(21(29)32-11-15)14-8-13-6-4-5-7-16(13)25-9-14/h4-9,12,15H,10-11H2,1-3H3,(H,28,30)(H2,24,26,27)/t15-/m1/s1. The Morgan fingerprint density at radius 2 is 2.06 bits per heavy atom. The number of thioether (sulfide) groups is 1. The molecular weight excluding hydrogens is 424 g/mol. The first-order chi connectivity index (χ1) is 15.3. The maximum Gasteiger partial charge on any atom is 0.407 e. The highest BCUT2D eigenvalue weighted by atomic mass is 32.2. The third-order valence-electron chi connectivity index (χ3n) is 5.25. The lowest BCUT2D eigenvalue weighted by Gasteiger charge is -2.27. The Morgan fingerprint density at radius 3 is 2.88 bits per heavy atom. The van der Waals surface area contributed by atoms with Gasteiger partial charge < -0.3 is 20.4 Å². The van der Waals surface area contributed by atoms with E-state index in [4.69, 9.17) is 10.5 Å². The van der Waals surface area contributed by atoms with Gasteiger partial charge in [-0.3, -0.25) is 4.98 Å². The van der Waals surface area contributed by atoms with Crippen LogP contribution in [0.1, 0.15) is 20.8 Å². The van der Waals surface area contributed by atoms with E-state index in [1.807, 2.05) is 51.2 Å². The van der Waals surface area contributed by atoms with Crippen LogP contribution in [0.5, 0.6) is 0 Å². The van der Waals surface area contributed by atoms with E-state index in [0.717, 1.165) is 38.1 Å². The Bertz CT molecular complexity index is 1340. The van der Waals surface area contributed by atoms with E-state index >= 15 is 0 Å². The van der Waals surface area contributed by atoms with Crippen molar-refractivity contribution in [2.45, 2.75) is 44.0 Å². The van der Waals surface area contributed by atoms with Crippen LogP contribution in [0.4, 0.5) is 10.6 Å². The van der Waals surface area contributed by atoms with Gasteiger partial charge in [-0.1, -0.05) is 18.2 Å². The predicted octanol–water partition coefficient (Wildman–Crippen LogP) is 4.23. The third kappa shape index (κ3) is 3.73. The molecule has 3 aromatic heterocycles. The molecule has 9 heteroatoms. The van der Waals surface area contributed by atoms with Crippen LogP contribution >= 0.6 is 11.8 Å². The fraction of sp³-hybridized carbons (Fsp3) is 0.304. The van der Waals surface area contributed by atoms with Gasteiger partial charge in [-0.15, -0.1) is 11.8 Å². The summed E-state index contributed by atoms with van der Waals surface area (Å²) in [7, 11) is 0. The number of hydrogen-bond donors (Lipinski definition) is 2. The smallest absolute Gasteiger partial charge is 0.407 e. The molecule has 0 radical (unpaired) electrons. The number of nitrogens with one attached hydrogen (secondary N) is 1. The molecule has 0 unspecified atom stereocenters. The van der Waals surface area contributed by atoms with Crippen molar-refractivity contribution in [2.75, 3.05) is 11.5 Å². The molecule has 1 aliphatic rings. The summed E-state index contributed by atoms with van der Waals surface area (Å²) in [5.74, 6) is 1.13. The minimum Gasteiger partial charge on any atom is -0.444 e. The largest absolute Gasteiger partial charge is 0.444 e. The molecule has 32 heavy (non-hydrogen) atoms. The maximum absolute atomic E-state index is 12.3. The summed E-state index contributed by atoms with van der Waals surface area (Å²) >= 11 is 1.66. The second-order valence-corrected chi connectivity index (χ2v) is 9.83. The minimum atomic E-state index is -0.546. The molecule has 4 heterocycles. The molecule has 1 amide bonds. The fourth-order valence-electron chi connectivity index (χ4n) is 3.98.